The molecule has 2 fully saturated rings. The predicted molar refractivity (Wildman–Crippen MR) is 159 cm³/mol. The van der Waals surface area contributed by atoms with E-state index in [0.29, 0.717) is 24.4 Å². The van der Waals surface area contributed by atoms with Crippen LogP contribution in [-0.2, 0) is 11.3 Å². The molecule has 8 heteroatoms. The maximum absolute atomic E-state index is 5.45. The van der Waals surface area contributed by atoms with Gasteiger partial charge in [0.2, 0.25) is 0 Å². The molecular formula is C32H35N7O. The quantitative estimate of drug-likeness (QED) is 0.234. The molecule has 7 rings (SSSR count). The number of aromatic nitrogens is 5. The lowest BCUT2D eigenvalue weighted by atomic mass is 9.80. The molecule has 1 aromatic carbocycles. The minimum Gasteiger partial charge on any atom is -0.380 e. The zero-order chi connectivity index (χ0) is 27.3. The molecule has 0 spiro atoms. The Morgan fingerprint density at radius 2 is 1.93 bits per heavy atom. The minimum atomic E-state index is 0.0948. The van der Waals surface area contributed by atoms with Gasteiger partial charge in [-0.25, -0.2) is 15.0 Å². The molecule has 0 unspecified atom stereocenters. The lowest BCUT2D eigenvalue weighted by Crippen LogP contribution is -2.49. The maximum Gasteiger partial charge on any atom is 0.163 e. The van der Waals surface area contributed by atoms with E-state index in [2.05, 4.69) is 57.6 Å². The average Bonchev–Trinajstić information content (AvgIpc) is 3.71. The first-order valence-corrected chi connectivity index (χ1v) is 14.2. The topological polar surface area (TPSA) is 101 Å². The third kappa shape index (κ3) is 4.51. The molecule has 4 aromatic heterocycles. The molecule has 3 N–H and O–H groups in total. The summed E-state index contributed by atoms with van der Waals surface area (Å²) in [5, 5.41) is 9.55. The Kier molecular flexibility index (Phi) is 6.24. The van der Waals surface area contributed by atoms with Crippen LogP contribution in [0.1, 0.15) is 50.2 Å². The Bertz CT molecular complexity index is 1700. The molecule has 1 aliphatic heterocycles. The summed E-state index contributed by atoms with van der Waals surface area (Å²) >= 11 is 0. The fraction of sp³-hybridized carbons (Fsp3) is 0.375. The Morgan fingerprint density at radius 1 is 1.05 bits per heavy atom. The lowest BCUT2D eigenvalue weighted by molar-refractivity contribution is 0.185. The van der Waals surface area contributed by atoms with Gasteiger partial charge in [-0.15, -0.1) is 0 Å². The first kappa shape index (κ1) is 25.1. The molecule has 1 aliphatic carbocycles. The van der Waals surface area contributed by atoms with Crippen LogP contribution in [0, 0.1) is 5.41 Å². The highest BCUT2D eigenvalue weighted by Crippen LogP contribution is 2.45. The number of benzene rings is 1. The largest absolute Gasteiger partial charge is 0.380 e. The van der Waals surface area contributed by atoms with Crippen molar-refractivity contribution in [3.8, 4) is 22.6 Å². The fourth-order valence-corrected chi connectivity index (χ4v) is 6.07. The van der Waals surface area contributed by atoms with Crippen molar-refractivity contribution in [2.45, 2.75) is 51.7 Å². The van der Waals surface area contributed by atoms with E-state index in [1.807, 2.05) is 36.8 Å². The van der Waals surface area contributed by atoms with Crippen LogP contribution < -0.4 is 10.6 Å². The van der Waals surface area contributed by atoms with E-state index >= 15 is 0 Å². The number of aromatic amines is 1. The van der Waals surface area contributed by atoms with Crippen molar-refractivity contribution in [1.82, 2.24) is 30.2 Å². The molecule has 1 saturated heterocycles. The number of methoxy groups -OCH3 is 1. The summed E-state index contributed by atoms with van der Waals surface area (Å²) in [5.41, 5.74) is 7.21. The van der Waals surface area contributed by atoms with Gasteiger partial charge in [0.25, 0.3) is 0 Å². The number of hydrogen-bond donors (Lipinski definition) is 3. The molecule has 1 atom stereocenters. The van der Waals surface area contributed by atoms with Gasteiger partial charge in [-0.05, 0) is 60.4 Å². The second-order valence-corrected chi connectivity index (χ2v) is 11.8. The van der Waals surface area contributed by atoms with Crippen molar-refractivity contribution in [1.29, 1.82) is 0 Å². The van der Waals surface area contributed by atoms with Crippen LogP contribution in [0.2, 0.25) is 0 Å². The molecule has 204 valence electrons. The van der Waals surface area contributed by atoms with Crippen LogP contribution in [0.4, 0.5) is 5.82 Å². The summed E-state index contributed by atoms with van der Waals surface area (Å²) in [6, 6.07) is 12.8. The highest BCUT2D eigenvalue weighted by molar-refractivity contribution is 5.98. The normalized spacial score (nSPS) is 18.8. The van der Waals surface area contributed by atoms with E-state index in [9.17, 15) is 0 Å². The van der Waals surface area contributed by atoms with Gasteiger partial charge in [-0.1, -0.05) is 38.1 Å². The van der Waals surface area contributed by atoms with Crippen LogP contribution in [0.3, 0.4) is 0 Å². The maximum atomic E-state index is 5.45. The molecule has 40 heavy (non-hydrogen) atoms. The SMILES string of the molecule is COCc1ccccc1-c1cc2c(-c3nc(N[C@H]4CCNCC4(C)C)c4c(C5CC5)cncc4n3)ccnc2[nH]1. The first-order valence-electron chi connectivity index (χ1n) is 14.2. The van der Waals surface area contributed by atoms with Crippen molar-refractivity contribution in [3.63, 3.8) is 0 Å². The molecular weight excluding hydrogens is 498 g/mol. The number of piperidine rings is 1. The molecule has 0 radical (unpaired) electrons. The number of anilines is 1. The zero-order valence-corrected chi connectivity index (χ0v) is 23.3. The second-order valence-electron chi connectivity index (χ2n) is 11.8. The minimum absolute atomic E-state index is 0.0948. The highest BCUT2D eigenvalue weighted by Gasteiger charge is 2.34. The van der Waals surface area contributed by atoms with Gasteiger partial charge in [-0.2, -0.15) is 0 Å². The van der Waals surface area contributed by atoms with Crippen LogP contribution >= 0.6 is 0 Å². The van der Waals surface area contributed by atoms with E-state index < -0.39 is 0 Å². The number of H-pyrrole nitrogens is 1. The molecule has 0 amide bonds. The number of pyridine rings is 2. The van der Waals surface area contributed by atoms with Gasteiger partial charge in [0.05, 0.1) is 18.3 Å². The Hall–Kier alpha value is -3.88. The van der Waals surface area contributed by atoms with Gasteiger partial charge >= 0.3 is 0 Å². The van der Waals surface area contributed by atoms with Crippen molar-refractivity contribution >= 4 is 27.8 Å². The van der Waals surface area contributed by atoms with Crippen LogP contribution in [0.15, 0.2) is 55.0 Å². The summed E-state index contributed by atoms with van der Waals surface area (Å²) in [6.07, 6.45) is 9.16. The Morgan fingerprint density at radius 3 is 2.75 bits per heavy atom. The van der Waals surface area contributed by atoms with E-state index in [4.69, 9.17) is 14.7 Å². The van der Waals surface area contributed by atoms with Gasteiger partial charge < -0.3 is 20.4 Å². The predicted octanol–water partition coefficient (Wildman–Crippen LogP) is 6.06. The van der Waals surface area contributed by atoms with Crippen LogP contribution in [-0.4, -0.2) is 51.2 Å². The number of nitrogens with one attached hydrogen (secondary N) is 3. The van der Waals surface area contributed by atoms with Gasteiger partial charge in [0, 0.05) is 59.7 Å². The van der Waals surface area contributed by atoms with Crippen LogP contribution in [0.25, 0.3) is 44.6 Å². The average molecular weight is 534 g/mol. The lowest BCUT2D eigenvalue weighted by Gasteiger charge is -2.40. The second kappa shape index (κ2) is 9.94. The third-order valence-corrected chi connectivity index (χ3v) is 8.48. The van der Waals surface area contributed by atoms with Crippen molar-refractivity contribution in [2.24, 2.45) is 5.41 Å². The molecule has 5 heterocycles. The van der Waals surface area contributed by atoms with Gasteiger partial charge in [0.1, 0.15) is 11.5 Å². The monoisotopic (exact) mass is 533 g/mol. The van der Waals surface area contributed by atoms with Crippen molar-refractivity contribution in [2.75, 3.05) is 25.5 Å². The summed E-state index contributed by atoms with van der Waals surface area (Å²) in [4.78, 5) is 23.1. The highest BCUT2D eigenvalue weighted by atomic mass is 16.5. The van der Waals surface area contributed by atoms with Crippen LogP contribution in [0.5, 0.6) is 0 Å². The number of fused-ring (bicyclic) bond motifs is 2. The zero-order valence-electron chi connectivity index (χ0n) is 23.3. The summed E-state index contributed by atoms with van der Waals surface area (Å²) in [5.74, 6) is 2.13. The van der Waals surface area contributed by atoms with Gasteiger partial charge in [0.15, 0.2) is 5.82 Å². The van der Waals surface area contributed by atoms with E-state index in [-0.39, 0.29) is 5.41 Å². The molecule has 5 aromatic rings. The Labute approximate surface area is 234 Å². The molecule has 2 aliphatic rings. The number of rotatable bonds is 7. The Balaban J connectivity index is 1.38. The molecule has 1 saturated carbocycles. The van der Waals surface area contributed by atoms with Crippen molar-refractivity contribution < 1.29 is 4.74 Å². The third-order valence-electron chi connectivity index (χ3n) is 8.48. The summed E-state index contributed by atoms with van der Waals surface area (Å²) < 4.78 is 5.45. The summed E-state index contributed by atoms with van der Waals surface area (Å²) in [6.45, 7) is 7.14. The number of hydrogen-bond acceptors (Lipinski definition) is 7. The van der Waals surface area contributed by atoms with Gasteiger partial charge in [-0.3, -0.25) is 4.98 Å². The van der Waals surface area contributed by atoms with E-state index in [1.54, 1.807) is 7.11 Å². The summed E-state index contributed by atoms with van der Waals surface area (Å²) in [7, 11) is 1.72. The smallest absolute Gasteiger partial charge is 0.163 e. The fourth-order valence-electron chi connectivity index (χ4n) is 6.07. The van der Waals surface area contributed by atoms with E-state index in [1.165, 1.54) is 18.4 Å². The van der Waals surface area contributed by atoms with E-state index in [0.717, 1.165) is 69.6 Å². The van der Waals surface area contributed by atoms with Crippen molar-refractivity contribution in [3.05, 3.63) is 66.1 Å². The molecule has 0 bridgehead atoms. The molecule has 8 nitrogen and oxygen atoms in total. The number of ether oxygens (including phenoxy) is 1. The first-order chi connectivity index (χ1) is 19.5. The standard InChI is InChI=1S/C32H35N7O/c1-32(2)18-33-12-11-27(32)38-31-28-24(19-8-9-19)15-34-16-26(28)37-30(39-31)22-10-13-35-29-23(22)14-25(36-29)21-7-5-4-6-20(21)17-40-3/h4-7,10,13-16,19,27,33H,8-9,11-12,17-18H2,1-3H3,(H,35,36)(H,37,38,39)/t27-/m0/s1. The number of nitrogens with zero attached hydrogens (tertiary/aromatic N) is 4.